The Labute approximate surface area is 112 Å². The van der Waals surface area contributed by atoms with Crippen molar-refractivity contribution in [3.05, 3.63) is 34.6 Å². The third-order valence-electron chi connectivity index (χ3n) is 3.34. The van der Waals surface area contributed by atoms with Gasteiger partial charge in [0.15, 0.2) is 0 Å². The van der Waals surface area contributed by atoms with Gasteiger partial charge in [-0.15, -0.1) is 11.6 Å². The van der Waals surface area contributed by atoms with Gasteiger partial charge in [0.2, 0.25) is 0 Å². The maximum absolute atomic E-state index is 13.6. The molecule has 4 heteroatoms. The summed E-state index contributed by atoms with van der Waals surface area (Å²) in [6, 6.07) is 5.27. The summed E-state index contributed by atoms with van der Waals surface area (Å²) < 4.78 is 13.6. The van der Waals surface area contributed by atoms with Gasteiger partial charge in [-0.2, -0.15) is 0 Å². The van der Waals surface area contributed by atoms with E-state index in [2.05, 4.69) is 4.90 Å². The molecule has 1 saturated carbocycles. The zero-order chi connectivity index (χ0) is 12.3. The maximum atomic E-state index is 13.6. The number of hydrogen-bond acceptors (Lipinski definition) is 1. The minimum absolute atomic E-state index is 0.187. The Morgan fingerprint density at radius 3 is 2.71 bits per heavy atom. The van der Waals surface area contributed by atoms with Gasteiger partial charge in [-0.3, -0.25) is 4.90 Å². The van der Waals surface area contributed by atoms with E-state index in [1.165, 1.54) is 25.3 Å². The molecule has 0 spiro atoms. The molecule has 2 rings (SSSR count). The second kappa shape index (κ2) is 6.03. The number of nitrogens with zero attached hydrogens (tertiary/aromatic N) is 1. The summed E-state index contributed by atoms with van der Waals surface area (Å²) >= 11 is 11.7. The van der Waals surface area contributed by atoms with Crippen LogP contribution in [0.5, 0.6) is 0 Å². The van der Waals surface area contributed by atoms with Crippen molar-refractivity contribution in [2.45, 2.75) is 31.8 Å². The molecule has 0 aromatic heterocycles. The Morgan fingerprint density at radius 2 is 2.12 bits per heavy atom. The van der Waals surface area contributed by atoms with Gasteiger partial charge in [0.1, 0.15) is 5.82 Å². The van der Waals surface area contributed by atoms with Crippen molar-refractivity contribution in [2.75, 3.05) is 12.4 Å². The van der Waals surface area contributed by atoms with E-state index in [4.69, 9.17) is 23.2 Å². The van der Waals surface area contributed by atoms with Gasteiger partial charge in [0.05, 0.1) is 0 Å². The lowest BCUT2D eigenvalue weighted by Gasteiger charge is -2.37. The van der Waals surface area contributed by atoms with Crippen molar-refractivity contribution >= 4 is 23.2 Å². The Balaban J connectivity index is 2.07. The number of rotatable bonds is 5. The fourth-order valence-corrected chi connectivity index (χ4v) is 2.55. The Hall–Kier alpha value is -0.310. The van der Waals surface area contributed by atoms with Crippen molar-refractivity contribution in [2.24, 2.45) is 0 Å². The summed E-state index contributed by atoms with van der Waals surface area (Å²) in [4.78, 5) is 2.26. The second-order valence-electron chi connectivity index (χ2n) is 4.48. The van der Waals surface area contributed by atoms with Gasteiger partial charge >= 0.3 is 0 Å². The van der Waals surface area contributed by atoms with Crippen molar-refractivity contribution in [1.29, 1.82) is 0 Å². The first-order valence-electron chi connectivity index (χ1n) is 5.94. The van der Waals surface area contributed by atoms with Crippen molar-refractivity contribution in [3.63, 3.8) is 0 Å². The summed E-state index contributed by atoms with van der Waals surface area (Å²) in [6.07, 6.45) is 3.65. The van der Waals surface area contributed by atoms with E-state index in [9.17, 15) is 4.39 Å². The molecule has 0 radical (unpaired) electrons. The van der Waals surface area contributed by atoms with Crippen LogP contribution in [0.2, 0.25) is 5.02 Å². The van der Waals surface area contributed by atoms with Gasteiger partial charge in [-0.05, 0) is 31.0 Å². The Morgan fingerprint density at radius 1 is 1.35 bits per heavy atom. The zero-order valence-corrected chi connectivity index (χ0v) is 11.1. The van der Waals surface area contributed by atoms with E-state index in [0.29, 0.717) is 29.1 Å². The summed E-state index contributed by atoms with van der Waals surface area (Å²) in [5.41, 5.74) is 0.662. The van der Waals surface area contributed by atoms with E-state index in [1.807, 2.05) is 0 Å². The standard InChI is InChI=1S/C13H16Cl2FN/c14-6-7-17(12-2-1-3-12)9-10-8-11(15)4-5-13(10)16/h4-5,8,12H,1-3,6-7,9H2. The molecular formula is C13H16Cl2FN. The van der Waals surface area contributed by atoms with Gasteiger partial charge in [0.25, 0.3) is 0 Å². The normalized spacial score (nSPS) is 16.2. The van der Waals surface area contributed by atoms with Crippen LogP contribution in [0.3, 0.4) is 0 Å². The monoisotopic (exact) mass is 275 g/mol. The number of benzene rings is 1. The lowest BCUT2D eigenvalue weighted by Crippen LogP contribution is -2.40. The lowest BCUT2D eigenvalue weighted by molar-refractivity contribution is 0.126. The van der Waals surface area contributed by atoms with Crippen LogP contribution in [0.25, 0.3) is 0 Å². The molecule has 1 nitrogen and oxygen atoms in total. The molecule has 0 saturated heterocycles. The third-order valence-corrected chi connectivity index (χ3v) is 3.75. The smallest absolute Gasteiger partial charge is 0.127 e. The summed E-state index contributed by atoms with van der Waals surface area (Å²) in [6.45, 7) is 1.40. The molecule has 94 valence electrons. The van der Waals surface area contributed by atoms with Crippen molar-refractivity contribution < 1.29 is 4.39 Å². The largest absolute Gasteiger partial charge is 0.295 e. The number of halogens is 3. The fourth-order valence-electron chi connectivity index (χ4n) is 2.13. The molecule has 0 N–H and O–H groups in total. The topological polar surface area (TPSA) is 3.24 Å². The highest BCUT2D eigenvalue weighted by Crippen LogP contribution is 2.27. The van der Waals surface area contributed by atoms with Gasteiger partial charge in [-0.25, -0.2) is 4.39 Å². The first kappa shape index (κ1) is 13.1. The number of alkyl halides is 1. The average molecular weight is 276 g/mol. The fraction of sp³-hybridized carbons (Fsp3) is 0.538. The highest BCUT2D eigenvalue weighted by molar-refractivity contribution is 6.30. The highest BCUT2D eigenvalue weighted by atomic mass is 35.5. The highest BCUT2D eigenvalue weighted by Gasteiger charge is 2.25. The van der Waals surface area contributed by atoms with Crippen LogP contribution in [0.1, 0.15) is 24.8 Å². The van der Waals surface area contributed by atoms with E-state index >= 15 is 0 Å². The first-order valence-corrected chi connectivity index (χ1v) is 6.86. The van der Waals surface area contributed by atoms with Gasteiger partial charge in [0, 0.05) is 35.6 Å². The predicted octanol–water partition coefficient (Wildman–Crippen LogP) is 4.07. The van der Waals surface area contributed by atoms with Crippen LogP contribution < -0.4 is 0 Å². The molecule has 1 fully saturated rings. The van der Waals surface area contributed by atoms with E-state index in [0.717, 1.165) is 6.54 Å². The maximum Gasteiger partial charge on any atom is 0.127 e. The SMILES string of the molecule is Fc1ccc(Cl)cc1CN(CCCl)C1CCC1. The molecule has 17 heavy (non-hydrogen) atoms. The van der Waals surface area contributed by atoms with Crippen LogP contribution in [0.4, 0.5) is 4.39 Å². The molecule has 0 atom stereocenters. The molecule has 0 heterocycles. The van der Waals surface area contributed by atoms with Crippen LogP contribution in [-0.2, 0) is 6.54 Å². The Bertz CT molecular complexity index is 380. The molecule has 0 bridgehead atoms. The molecule has 0 unspecified atom stereocenters. The first-order chi connectivity index (χ1) is 8.20. The van der Waals surface area contributed by atoms with E-state index in [1.54, 1.807) is 12.1 Å². The second-order valence-corrected chi connectivity index (χ2v) is 5.29. The molecule has 0 aliphatic heterocycles. The van der Waals surface area contributed by atoms with Crippen LogP contribution in [-0.4, -0.2) is 23.4 Å². The van der Waals surface area contributed by atoms with Gasteiger partial charge in [-0.1, -0.05) is 18.0 Å². The van der Waals surface area contributed by atoms with Crippen LogP contribution >= 0.6 is 23.2 Å². The third kappa shape index (κ3) is 3.34. The van der Waals surface area contributed by atoms with Gasteiger partial charge < -0.3 is 0 Å². The molecule has 1 aromatic carbocycles. The lowest BCUT2D eigenvalue weighted by atomic mass is 9.91. The quantitative estimate of drug-likeness (QED) is 0.733. The molecular weight excluding hydrogens is 260 g/mol. The zero-order valence-electron chi connectivity index (χ0n) is 9.63. The van der Waals surface area contributed by atoms with Crippen LogP contribution in [0, 0.1) is 5.82 Å². The predicted molar refractivity (Wildman–Crippen MR) is 70.2 cm³/mol. The van der Waals surface area contributed by atoms with E-state index < -0.39 is 0 Å². The summed E-state index contributed by atoms with van der Waals surface area (Å²) in [5, 5.41) is 0.584. The minimum atomic E-state index is -0.187. The molecule has 1 aliphatic rings. The average Bonchev–Trinajstić information content (AvgIpc) is 2.21. The van der Waals surface area contributed by atoms with Crippen molar-refractivity contribution in [3.8, 4) is 0 Å². The molecule has 1 aromatic rings. The summed E-state index contributed by atoms with van der Waals surface area (Å²) in [5.74, 6) is 0.395. The van der Waals surface area contributed by atoms with Crippen molar-refractivity contribution in [1.82, 2.24) is 4.90 Å². The van der Waals surface area contributed by atoms with E-state index in [-0.39, 0.29) is 5.82 Å². The summed E-state index contributed by atoms with van der Waals surface area (Å²) in [7, 11) is 0. The number of hydrogen-bond donors (Lipinski definition) is 0. The minimum Gasteiger partial charge on any atom is -0.295 e. The molecule has 1 aliphatic carbocycles. The molecule has 0 amide bonds. The Kier molecular flexibility index (Phi) is 4.66. The van der Waals surface area contributed by atoms with Crippen LogP contribution in [0.15, 0.2) is 18.2 Å².